The van der Waals surface area contributed by atoms with Crippen LogP contribution in [0.1, 0.15) is 17.2 Å². The van der Waals surface area contributed by atoms with Gasteiger partial charge < -0.3 is 19.4 Å². The largest absolute Gasteiger partial charge is 0.496 e. The molecule has 3 rings (SSSR count). The normalized spacial score (nSPS) is 16.9. The third-order valence-corrected chi connectivity index (χ3v) is 4.30. The van der Waals surface area contributed by atoms with Crippen molar-refractivity contribution in [3.05, 3.63) is 77.4 Å². The molecule has 1 heterocycles. The predicted molar refractivity (Wildman–Crippen MR) is 91.9 cm³/mol. The zero-order valence-corrected chi connectivity index (χ0v) is 13.9. The molecule has 0 radical (unpaired) electrons. The minimum absolute atomic E-state index is 0.00327. The minimum atomic E-state index is -0.839. The SMILES string of the molecule is COc1ccccc1C1OC(N)=C(OSCc2ccccc2)C1=O. The van der Waals surface area contributed by atoms with E-state index in [-0.39, 0.29) is 17.4 Å². The third-order valence-electron chi connectivity index (χ3n) is 3.56. The molecule has 0 aromatic heterocycles. The van der Waals surface area contributed by atoms with Gasteiger partial charge in [0.15, 0.2) is 6.10 Å². The molecular weight excluding hydrogens is 326 g/mol. The molecule has 0 spiro atoms. The van der Waals surface area contributed by atoms with Gasteiger partial charge in [-0.25, -0.2) is 0 Å². The Morgan fingerprint density at radius 1 is 1.12 bits per heavy atom. The van der Waals surface area contributed by atoms with Gasteiger partial charge >= 0.3 is 0 Å². The summed E-state index contributed by atoms with van der Waals surface area (Å²) < 4.78 is 16.3. The molecule has 1 aliphatic rings. The van der Waals surface area contributed by atoms with Gasteiger partial charge in [0.25, 0.3) is 0 Å². The number of Topliss-reactive ketones (excluding diaryl/α,β-unsaturated/α-hetero) is 1. The molecule has 24 heavy (non-hydrogen) atoms. The highest BCUT2D eigenvalue weighted by molar-refractivity contribution is 7.94. The Hall–Kier alpha value is -2.60. The molecule has 5 nitrogen and oxygen atoms in total. The van der Waals surface area contributed by atoms with Crippen LogP contribution in [0.4, 0.5) is 0 Å². The molecule has 1 unspecified atom stereocenters. The van der Waals surface area contributed by atoms with E-state index in [9.17, 15) is 4.79 Å². The van der Waals surface area contributed by atoms with Crippen LogP contribution < -0.4 is 10.5 Å². The second kappa shape index (κ2) is 7.31. The number of carbonyl (C=O) groups excluding carboxylic acids is 1. The first-order valence-corrected chi connectivity index (χ1v) is 8.28. The fraction of sp³-hybridized carbons (Fsp3) is 0.167. The Morgan fingerprint density at radius 2 is 1.83 bits per heavy atom. The summed E-state index contributed by atoms with van der Waals surface area (Å²) in [6.07, 6.45) is -0.839. The Kier molecular flexibility index (Phi) is 4.96. The first kappa shape index (κ1) is 16.3. The van der Waals surface area contributed by atoms with Crippen molar-refractivity contribution in [3.8, 4) is 5.75 Å². The number of ketones is 1. The van der Waals surface area contributed by atoms with Crippen LogP contribution in [-0.2, 0) is 19.5 Å². The maximum Gasteiger partial charge on any atom is 0.249 e. The number of carbonyl (C=O) groups is 1. The molecule has 2 N–H and O–H groups in total. The predicted octanol–water partition coefficient (Wildman–Crippen LogP) is 3.33. The molecule has 6 heteroatoms. The first-order chi connectivity index (χ1) is 11.7. The van der Waals surface area contributed by atoms with Gasteiger partial charge in [-0.3, -0.25) is 4.79 Å². The average Bonchev–Trinajstić information content (AvgIpc) is 2.90. The lowest BCUT2D eigenvalue weighted by molar-refractivity contribution is -0.123. The Morgan fingerprint density at radius 3 is 2.58 bits per heavy atom. The molecular formula is C18H17NO4S. The lowest BCUT2D eigenvalue weighted by atomic mass is 10.0. The lowest BCUT2D eigenvalue weighted by Crippen LogP contribution is -2.11. The van der Waals surface area contributed by atoms with E-state index < -0.39 is 6.10 Å². The van der Waals surface area contributed by atoms with Crippen molar-refractivity contribution in [2.45, 2.75) is 11.9 Å². The van der Waals surface area contributed by atoms with Gasteiger partial charge in [0.05, 0.1) is 24.9 Å². The smallest absolute Gasteiger partial charge is 0.249 e. The molecule has 0 aliphatic carbocycles. The number of ether oxygens (including phenoxy) is 2. The molecule has 1 atom stereocenters. The number of hydrogen-bond acceptors (Lipinski definition) is 6. The van der Waals surface area contributed by atoms with Crippen LogP contribution in [0, 0.1) is 0 Å². The summed E-state index contributed by atoms with van der Waals surface area (Å²) in [6, 6.07) is 17.0. The molecule has 2 aromatic carbocycles. The fourth-order valence-electron chi connectivity index (χ4n) is 2.38. The quantitative estimate of drug-likeness (QED) is 0.811. The number of hydrogen-bond donors (Lipinski definition) is 1. The Bertz CT molecular complexity index is 761. The molecule has 0 saturated carbocycles. The summed E-state index contributed by atoms with van der Waals surface area (Å²) in [4.78, 5) is 12.6. The fourth-order valence-corrected chi connectivity index (χ4v) is 3.04. The topological polar surface area (TPSA) is 70.8 Å². The molecule has 1 aliphatic heterocycles. The summed E-state index contributed by atoms with van der Waals surface area (Å²) in [5.41, 5.74) is 7.54. The van der Waals surface area contributed by atoms with E-state index in [0.29, 0.717) is 17.1 Å². The van der Waals surface area contributed by atoms with Crippen LogP contribution in [0.3, 0.4) is 0 Å². The van der Waals surface area contributed by atoms with Crippen molar-refractivity contribution >= 4 is 17.8 Å². The van der Waals surface area contributed by atoms with E-state index in [1.54, 1.807) is 19.2 Å². The number of nitrogens with two attached hydrogens (primary N) is 1. The van der Waals surface area contributed by atoms with Crippen LogP contribution in [0.25, 0.3) is 0 Å². The molecule has 0 fully saturated rings. The van der Waals surface area contributed by atoms with Crippen LogP contribution >= 0.6 is 12.0 Å². The molecule has 0 saturated heterocycles. The number of methoxy groups -OCH3 is 1. The second-order valence-corrected chi connectivity index (χ2v) is 5.82. The molecule has 0 bridgehead atoms. The van der Waals surface area contributed by atoms with Crippen molar-refractivity contribution in [1.29, 1.82) is 0 Å². The average molecular weight is 343 g/mol. The molecule has 0 amide bonds. The Balaban J connectivity index is 1.67. The standard InChI is InChI=1S/C18H17NO4S/c1-21-14-10-6-5-9-13(14)16-15(20)17(18(19)22-16)23-24-11-12-7-3-2-4-8-12/h2-10,16H,11,19H2,1H3. The maximum absolute atomic E-state index is 12.6. The summed E-state index contributed by atoms with van der Waals surface area (Å²) in [6.45, 7) is 0. The van der Waals surface area contributed by atoms with Crippen LogP contribution in [-0.4, -0.2) is 12.9 Å². The first-order valence-electron chi connectivity index (χ1n) is 7.37. The zero-order valence-electron chi connectivity index (χ0n) is 13.1. The summed E-state index contributed by atoms with van der Waals surface area (Å²) in [5.74, 6) is 0.909. The van der Waals surface area contributed by atoms with E-state index >= 15 is 0 Å². The van der Waals surface area contributed by atoms with E-state index in [0.717, 1.165) is 17.6 Å². The summed E-state index contributed by atoms with van der Waals surface area (Å²) >= 11 is 1.15. The van der Waals surface area contributed by atoms with Crippen LogP contribution in [0.2, 0.25) is 0 Å². The number of rotatable bonds is 6. The highest BCUT2D eigenvalue weighted by atomic mass is 32.2. The van der Waals surface area contributed by atoms with Gasteiger partial charge in [-0.1, -0.05) is 48.5 Å². The molecule has 2 aromatic rings. The highest BCUT2D eigenvalue weighted by Crippen LogP contribution is 2.37. The van der Waals surface area contributed by atoms with Crippen LogP contribution in [0.15, 0.2) is 66.2 Å². The van der Waals surface area contributed by atoms with E-state index in [1.807, 2.05) is 42.5 Å². The Labute approximate surface area is 144 Å². The monoisotopic (exact) mass is 343 g/mol. The van der Waals surface area contributed by atoms with Gasteiger partial charge in [-0.15, -0.1) is 0 Å². The van der Waals surface area contributed by atoms with Crippen molar-refractivity contribution in [2.24, 2.45) is 5.73 Å². The van der Waals surface area contributed by atoms with Gasteiger partial charge in [0, 0.05) is 5.56 Å². The number of benzene rings is 2. The maximum atomic E-state index is 12.6. The third kappa shape index (κ3) is 3.33. The summed E-state index contributed by atoms with van der Waals surface area (Å²) in [5, 5.41) is 0. The van der Waals surface area contributed by atoms with E-state index in [1.165, 1.54) is 0 Å². The van der Waals surface area contributed by atoms with Crippen LogP contribution in [0.5, 0.6) is 5.75 Å². The van der Waals surface area contributed by atoms with Crippen molar-refractivity contribution in [1.82, 2.24) is 0 Å². The van der Waals surface area contributed by atoms with Gasteiger partial charge in [0.2, 0.25) is 17.4 Å². The zero-order chi connectivity index (χ0) is 16.9. The van der Waals surface area contributed by atoms with Crippen molar-refractivity contribution in [3.63, 3.8) is 0 Å². The van der Waals surface area contributed by atoms with Gasteiger partial charge in [-0.05, 0) is 11.6 Å². The number of para-hydroxylation sites is 1. The van der Waals surface area contributed by atoms with Gasteiger partial charge in [0.1, 0.15) is 5.75 Å². The summed E-state index contributed by atoms with van der Waals surface area (Å²) in [7, 11) is 1.54. The van der Waals surface area contributed by atoms with Crippen molar-refractivity contribution < 1.29 is 18.5 Å². The van der Waals surface area contributed by atoms with Gasteiger partial charge in [-0.2, -0.15) is 0 Å². The van der Waals surface area contributed by atoms with E-state index in [2.05, 4.69) is 0 Å². The van der Waals surface area contributed by atoms with E-state index in [4.69, 9.17) is 19.4 Å². The highest BCUT2D eigenvalue weighted by Gasteiger charge is 2.38. The minimum Gasteiger partial charge on any atom is -0.496 e. The van der Waals surface area contributed by atoms with Crippen molar-refractivity contribution in [2.75, 3.05) is 7.11 Å². The lowest BCUT2D eigenvalue weighted by Gasteiger charge is -2.13. The second-order valence-electron chi connectivity index (χ2n) is 5.13. The molecule has 124 valence electrons.